The summed E-state index contributed by atoms with van der Waals surface area (Å²) in [6.45, 7) is 12.8. The Labute approximate surface area is 311 Å². The number of pyridine rings is 1. The summed E-state index contributed by atoms with van der Waals surface area (Å²) in [5.74, 6) is -2.91. The van der Waals surface area contributed by atoms with Crippen molar-refractivity contribution in [3.63, 3.8) is 0 Å². The molecule has 1 aromatic carbocycles. The van der Waals surface area contributed by atoms with E-state index in [1.165, 1.54) is 4.90 Å². The molecule has 6 N–H and O–H groups in total. The molecule has 0 aliphatic carbocycles. The number of anilines is 1. The molecule has 2 heterocycles. The maximum Gasteiger partial charge on any atom is 0.318 e. The molecule has 3 rings (SSSR count). The van der Waals surface area contributed by atoms with Gasteiger partial charge in [0.25, 0.3) is 0 Å². The number of urea groups is 1. The number of carbonyl (C=O) groups is 6. The summed E-state index contributed by atoms with van der Waals surface area (Å²) < 4.78 is 0. The Balaban J connectivity index is 1.73. The summed E-state index contributed by atoms with van der Waals surface area (Å²) in [6, 6.07) is 7.09. The lowest BCUT2D eigenvalue weighted by atomic mass is 9.96. The van der Waals surface area contributed by atoms with Gasteiger partial charge < -0.3 is 36.8 Å². The molecule has 1 aromatic heterocycles. The Morgan fingerprint density at radius 1 is 0.788 bits per heavy atom. The van der Waals surface area contributed by atoms with Crippen LogP contribution in [0, 0.1) is 16.7 Å². The predicted molar refractivity (Wildman–Crippen MR) is 199 cm³/mol. The summed E-state index contributed by atoms with van der Waals surface area (Å²) in [4.78, 5) is 85.1. The fourth-order valence-corrected chi connectivity index (χ4v) is 5.35. The van der Waals surface area contributed by atoms with E-state index in [2.05, 4.69) is 36.9 Å². The molecule has 15 heteroatoms. The van der Waals surface area contributed by atoms with E-state index in [1.807, 2.05) is 41.5 Å². The van der Waals surface area contributed by atoms with Crippen LogP contribution in [0.4, 0.5) is 10.5 Å². The second-order valence-electron chi connectivity index (χ2n) is 15.4. The first-order valence-electron chi connectivity index (χ1n) is 17.5. The highest BCUT2D eigenvalue weighted by Gasteiger charge is 2.33. The zero-order valence-electron chi connectivity index (χ0n) is 30.9. The van der Waals surface area contributed by atoms with Gasteiger partial charge in [0.05, 0.1) is 24.7 Å². The molecule has 0 spiro atoms. The molecule has 2 aromatic rings. The smallest absolute Gasteiger partial charge is 0.318 e. The fraction of sp³-hybridized carbons (Fsp3) is 0.541. The minimum atomic E-state index is -1.38. The van der Waals surface area contributed by atoms with E-state index >= 15 is 0 Å². The Hall–Kier alpha value is -4.72. The van der Waals surface area contributed by atoms with E-state index < -0.39 is 48.2 Å². The lowest BCUT2D eigenvalue weighted by Crippen LogP contribution is -2.58. The minimum absolute atomic E-state index is 0.0417. The van der Waals surface area contributed by atoms with Crippen LogP contribution in [0.5, 0.6) is 0 Å². The minimum Gasteiger partial charge on any atom is -0.355 e. The maximum absolute atomic E-state index is 13.8. The number of nitrogens with zero attached hydrogens (tertiary/aromatic N) is 2. The molecule has 284 valence electrons. The number of amides is 7. The number of halogens is 1. The number of nitrogens with one attached hydrogen (secondary N) is 6. The van der Waals surface area contributed by atoms with Crippen molar-refractivity contribution in [2.45, 2.75) is 85.9 Å². The monoisotopic (exact) mass is 740 g/mol. The number of hydrogen-bond acceptors (Lipinski definition) is 7. The van der Waals surface area contributed by atoms with Crippen molar-refractivity contribution in [3.05, 3.63) is 59.4 Å². The molecule has 52 heavy (non-hydrogen) atoms. The van der Waals surface area contributed by atoms with Gasteiger partial charge in [0.15, 0.2) is 0 Å². The number of rotatable bonds is 14. The third-order valence-corrected chi connectivity index (χ3v) is 8.52. The molecule has 0 radical (unpaired) electrons. The van der Waals surface area contributed by atoms with Crippen molar-refractivity contribution in [1.82, 2.24) is 36.5 Å². The highest BCUT2D eigenvalue weighted by Crippen LogP contribution is 2.20. The third-order valence-electron chi connectivity index (χ3n) is 8.15. The van der Waals surface area contributed by atoms with Crippen molar-refractivity contribution in [2.75, 3.05) is 31.5 Å². The average molecular weight is 741 g/mol. The zero-order valence-corrected chi connectivity index (χ0v) is 31.7. The quantitative estimate of drug-likeness (QED) is 0.171. The predicted octanol–water partition coefficient (Wildman–Crippen LogP) is 3.37. The normalized spacial score (nSPS) is 14.7. The molecule has 0 bridgehead atoms. The van der Waals surface area contributed by atoms with Crippen LogP contribution in [-0.2, 0) is 30.5 Å². The largest absolute Gasteiger partial charge is 0.355 e. The Kier molecular flexibility index (Phi) is 15.4. The molecular weight excluding hydrogens is 688 g/mol. The van der Waals surface area contributed by atoms with E-state index in [1.54, 1.807) is 48.8 Å². The van der Waals surface area contributed by atoms with Crippen LogP contribution in [0.15, 0.2) is 48.8 Å². The summed E-state index contributed by atoms with van der Waals surface area (Å²) in [5, 5.41) is 16.9. The SMILES string of the molecule is CC(C)(C)CNC(=O)C[C@H](NC(=O)[C@H](CC(=O)NCC(C)(C)C)NC(=O)N1CCC(C(=O)Nc2cccnc2)CC1)C(=O)NCc1ccccc1Cl. The molecule has 7 amide bonds. The van der Waals surface area contributed by atoms with Gasteiger partial charge in [-0.1, -0.05) is 71.3 Å². The van der Waals surface area contributed by atoms with E-state index in [0.29, 0.717) is 42.2 Å². The van der Waals surface area contributed by atoms with E-state index in [-0.39, 0.29) is 48.7 Å². The van der Waals surface area contributed by atoms with E-state index in [9.17, 15) is 28.8 Å². The van der Waals surface area contributed by atoms with Crippen LogP contribution in [0.25, 0.3) is 0 Å². The number of hydrogen-bond donors (Lipinski definition) is 6. The third kappa shape index (κ3) is 14.9. The molecule has 1 aliphatic rings. The van der Waals surface area contributed by atoms with Crippen LogP contribution >= 0.6 is 11.6 Å². The topological polar surface area (TPSA) is 191 Å². The van der Waals surface area contributed by atoms with Crippen LogP contribution in [0.3, 0.4) is 0 Å². The van der Waals surface area contributed by atoms with Gasteiger partial charge in [-0.3, -0.25) is 29.0 Å². The van der Waals surface area contributed by atoms with Crippen LogP contribution in [-0.4, -0.2) is 83.7 Å². The first kappa shape index (κ1) is 41.7. The molecule has 1 fully saturated rings. The van der Waals surface area contributed by atoms with Gasteiger partial charge in [0.2, 0.25) is 29.5 Å². The van der Waals surface area contributed by atoms with Gasteiger partial charge in [0, 0.05) is 49.9 Å². The number of aromatic nitrogens is 1. The van der Waals surface area contributed by atoms with Crippen molar-refractivity contribution in [2.24, 2.45) is 16.7 Å². The fourth-order valence-electron chi connectivity index (χ4n) is 5.15. The zero-order chi connectivity index (χ0) is 38.5. The standard InChI is InChI=1S/C37H53ClN8O6/c1-36(2,3)22-41-30(47)18-28(33(50)40-20-25-10-7-8-12-27(25)38)44-34(51)29(19-31(48)42-23-37(4,5)6)45-35(52)46-16-13-24(14-17-46)32(49)43-26-11-9-15-39-21-26/h7-12,15,21,24,28-29H,13-14,16-20,22-23H2,1-6H3,(H,40,50)(H,41,47)(H,42,48)(H,43,49)(H,44,51)(H,45,52)/t28-,29-/m0/s1. The van der Waals surface area contributed by atoms with Gasteiger partial charge in [-0.2, -0.15) is 0 Å². The average Bonchev–Trinajstić information content (AvgIpc) is 3.08. The van der Waals surface area contributed by atoms with Crippen molar-refractivity contribution in [3.8, 4) is 0 Å². The lowest BCUT2D eigenvalue weighted by Gasteiger charge is -2.32. The number of piperidine rings is 1. The lowest BCUT2D eigenvalue weighted by molar-refractivity contribution is -0.133. The van der Waals surface area contributed by atoms with E-state index in [4.69, 9.17) is 11.6 Å². The molecule has 0 saturated carbocycles. The van der Waals surface area contributed by atoms with Gasteiger partial charge >= 0.3 is 6.03 Å². The first-order chi connectivity index (χ1) is 24.4. The van der Waals surface area contributed by atoms with Gasteiger partial charge in [0.1, 0.15) is 12.1 Å². The second kappa shape index (κ2) is 19.2. The number of carbonyl (C=O) groups excluding carboxylic acids is 6. The van der Waals surface area contributed by atoms with Crippen molar-refractivity contribution >= 4 is 52.9 Å². The van der Waals surface area contributed by atoms with Crippen molar-refractivity contribution in [1.29, 1.82) is 0 Å². The first-order valence-corrected chi connectivity index (χ1v) is 17.9. The summed E-state index contributed by atoms with van der Waals surface area (Å²) >= 11 is 6.26. The summed E-state index contributed by atoms with van der Waals surface area (Å²) in [7, 11) is 0. The molecule has 0 unspecified atom stereocenters. The Morgan fingerprint density at radius 3 is 1.90 bits per heavy atom. The Bertz CT molecular complexity index is 1550. The van der Waals surface area contributed by atoms with Crippen LogP contribution < -0.4 is 31.9 Å². The van der Waals surface area contributed by atoms with Crippen LogP contribution in [0.2, 0.25) is 5.02 Å². The van der Waals surface area contributed by atoms with Crippen LogP contribution in [0.1, 0.15) is 72.8 Å². The highest BCUT2D eigenvalue weighted by molar-refractivity contribution is 6.31. The van der Waals surface area contributed by atoms with Gasteiger partial charge in [-0.15, -0.1) is 0 Å². The molecular formula is C37H53ClN8O6. The molecule has 2 atom stereocenters. The van der Waals surface area contributed by atoms with Gasteiger partial charge in [-0.05, 0) is 47.4 Å². The van der Waals surface area contributed by atoms with Crippen molar-refractivity contribution < 1.29 is 28.8 Å². The molecule has 1 saturated heterocycles. The number of benzene rings is 1. The number of likely N-dealkylation sites (tertiary alicyclic amines) is 1. The Morgan fingerprint density at radius 2 is 1.37 bits per heavy atom. The second-order valence-corrected chi connectivity index (χ2v) is 15.9. The summed E-state index contributed by atoms with van der Waals surface area (Å²) in [6.07, 6.45) is 3.13. The van der Waals surface area contributed by atoms with E-state index in [0.717, 1.165) is 0 Å². The highest BCUT2D eigenvalue weighted by atomic mass is 35.5. The molecule has 1 aliphatic heterocycles. The summed E-state index contributed by atoms with van der Waals surface area (Å²) in [5.41, 5.74) is 0.747. The maximum atomic E-state index is 13.8. The van der Waals surface area contributed by atoms with Gasteiger partial charge in [-0.25, -0.2) is 4.79 Å². The molecule has 14 nitrogen and oxygen atoms in total.